The molecule has 1 aromatic heterocycles. The number of nitrogens with one attached hydrogen (secondary N) is 1. The van der Waals surface area contributed by atoms with Gasteiger partial charge in [-0.1, -0.05) is 45.0 Å². The molecule has 150 valence electrons. The van der Waals surface area contributed by atoms with Crippen LogP contribution in [-0.2, 0) is 14.9 Å². The fraction of sp³-hybridized carbons (Fsp3) is 0.455. The van der Waals surface area contributed by atoms with Crippen molar-refractivity contribution in [3.63, 3.8) is 0 Å². The molecular weight excluding hydrogens is 358 g/mol. The zero-order chi connectivity index (χ0) is 20.4. The lowest BCUT2D eigenvalue weighted by Crippen LogP contribution is -2.53. The standard InChI is InChI=1S/C22H27NO5/c1-21(2,3)16-6-4-15(5-7-16)17-8-9-18(28-17)20(26)23-22(14-19(24)25)10-12-27-13-11-22/h4-9H,10-14H2,1-3H3,(H,23,26)(H,24,25). The van der Waals surface area contributed by atoms with Gasteiger partial charge in [0.2, 0.25) is 0 Å². The van der Waals surface area contributed by atoms with Gasteiger partial charge in [0.15, 0.2) is 5.76 Å². The van der Waals surface area contributed by atoms with Gasteiger partial charge in [-0.25, -0.2) is 0 Å². The van der Waals surface area contributed by atoms with E-state index in [9.17, 15) is 14.7 Å². The SMILES string of the molecule is CC(C)(C)c1ccc(-c2ccc(C(=O)NC3(CC(=O)O)CCOCC3)o2)cc1. The van der Waals surface area contributed by atoms with E-state index in [0.717, 1.165) is 5.56 Å². The molecule has 0 radical (unpaired) electrons. The Kier molecular flexibility index (Phi) is 5.61. The van der Waals surface area contributed by atoms with Gasteiger partial charge >= 0.3 is 5.97 Å². The summed E-state index contributed by atoms with van der Waals surface area (Å²) in [6, 6.07) is 11.4. The predicted octanol–water partition coefficient (Wildman–Crippen LogP) is 4.00. The number of hydrogen-bond donors (Lipinski definition) is 2. The third-order valence-electron chi connectivity index (χ3n) is 5.18. The quantitative estimate of drug-likeness (QED) is 0.812. The molecule has 0 atom stereocenters. The molecule has 1 aromatic carbocycles. The number of aliphatic carboxylic acids is 1. The van der Waals surface area contributed by atoms with Crippen molar-refractivity contribution in [2.75, 3.05) is 13.2 Å². The Morgan fingerprint density at radius 3 is 2.29 bits per heavy atom. The zero-order valence-electron chi connectivity index (χ0n) is 16.6. The summed E-state index contributed by atoms with van der Waals surface area (Å²) in [4.78, 5) is 24.0. The molecule has 0 spiro atoms. The predicted molar refractivity (Wildman–Crippen MR) is 105 cm³/mol. The number of carbonyl (C=O) groups is 2. The minimum Gasteiger partial charge on any atom is -0.481 e. The summed E-state index contributed by atoms with van der Waals surface area (Å²) in [5.74, 6) is -0.571. The third kappa shape index (κ3) is 4.62. The molecule has 6 nitrogen and oxygen atoms in total. The fourth-order valence-corrected chi connectivity index (χ4v) is 3.45. The van der Waals surface area contributed by atoms with Crippen molar-refractivity contribution in [1.82, 2.24) is 5.32 Å². The lowest BCUT2D eigenvalue weighted by Gasteiger charge is -2.36. The van der Waals surface area contributed by atoms with Crippen LogP contribution in [0.5, 0.6) is 0 Å². The van der Waals surface area contributed by atoms with Crippen LogP contribution in [0.3, 0.4) is 0 Å². The maximum atomic E-state index is 12.7. The second-order valence-corrected chi connectivity index (χ2v) is 8.41. The third-order valence-corrected chi connectivity index (χ3v) is 5.18. The summed E-state index contributed by atoms with van der Waals surface area (Å²) in [5.41, 5.74) is 1.37. The molecule has 1 amide bonds. The molecule has 2 heterocycles. The number of ether oxygens (including phenoxy) is 1. The first-order valence-electron chi connectivity index (χ1n) is 9.51. The number of amides is 1. The second-order valence-electron chi connectivity index (χ2n) is 8.41. The Bertz CT molecular complexity index is 839. The Morgan fingerprint density at radius 2 is 1.71 bits per heavy atom. The second kappa shape index (κ2) is 7.80. The maximum Gasteiger partial charge on any atom is 0.305 e. The molecule has 6 heteroatoms. The van der Waals surface area contributed by atoms with Crippen LogP contribution >= 0.6 is 0 Å². The van der Waals surface area contributed by atoms with Crippen molar-refractivity contribution >= 4 is 11.9 Å². The molecule has 1 aliphatic rings. The van der Waals surface area contributed by atoms with Gasteiger partial charge in [0.25, 0.3) is 5.91 Å². The highest BCUT2D eigenvalue weighted by Gasteiger charge is 2.37. The summed E-state index contributed by atoms with van der Waals surface area (Å²) in [6.45, 7) is 7.32. The van der Waals surface area contributed by atoms with E-state index in [1.165, 1.54) is 5.56 Å². The first-order valence-corrected chi connectivity index (χ1v) is 9.51. The lowest BCUT2D eigenvalue weighted by molar-refractivity contribution is -0.139. The van der Waals surface area contributed by atoms with Crippen LogP contribution in [0.25, 0.3) is 11.3 Å². The lowest BCUT2D eigenvalue weighted by atomic mass is 9.86. The molecule has 28 heavy (non-hydrogen) atoms. The van der Waals surface area contributed by atoms with E-state index in [1.54, 1.807) is 12.1 Å². The van der Waals surface area contributed by atoms with Gasteiger partial charge in [-0.15, -0.1) is 0 Å². The monoisotopic (exact) mass is 385 g/mol. The van der Waals surface area contributed by atoms with E-state index in [1.807, 2.05) is 12.1 Å². The Hall–Kier alpha value is -2.60. The van der Waals surface area contributed by atoms with Crippen LogP contribution in [0.1, 0.15) is 56.2 Å². The van der Waals surface area contributed by atoms with E-state index in [0.29, 0.717) is 31.8 Å². The van der Waals surface area contributed by atoms with Gasteiger partial charge in [-0.3, -0.25) is 9.59 Å². The molecular formula is C22H27NO5. The van der Waals surface area contributed by atoms with Crippen LogP contribution < -0.4 is 5.32 Å². The summed E-state index contributed by atoms with van der Waals surface area (Å²) in [6.07, 6.45) is 0.795. The molecule has 2 aromatic rings. The Labute approximate surface area is 164 Å². The highest BCUT2D eigenvalue weighted by molar-refractivity contribution is 5.93. The summed E-state index contributed by atoms with van der Waals surface area (Å²) < 4.78 is 11.1. The smallest absolute Gasteiger partial charge is 0.305 e. The van der Waals surface area contributed by atoms with Gasteiger partial charge in [0.1, 0.15) is 5.76 Å². The van der Waals surface area contributed by atoms with Gasteiger partial charge in [-0.05, 0) is 36.0 Å². The number of carboxylic acids is 1. The van der Waals surface area contributed by atoms with Crippen molar-refractivity contribution in [2.24, 2.45) is 0 Å². The van der Waals surface area contributed by atoms with Gasteiger partial charge in [0, 0.05) is 18.8 Å². The molecule has 3 rings (SSSR count). The van der Waals surface area contributed by atoms with E-state index >= 15 is 0 Å². The minimum absolute atomic E-state index is 0.0644. The number of carbonyl (C=O) groups excluding carboxylic acids is 1. The van der Waals surface area contributed by atoms with E-state index in [4.69, 9.17) is 9.15 Å². The summed E-state index contributed by atoms with van der Waals surface area (Å²) in [5, 5.41) is 12.1. The van der Waals surface area contributed by atoms with Crippen LogP contribution in [0.2, 0.25) is 0 Å². The molecule has 0 saturated carbocycles. The highest BCUT2D eigenvalue weighted by Crippen LogP contribution is 2.29. The van der Waals surface area contributed by atoms with Crippen molar-refractivity contribution in [3.05, 3.63) is 47.7 Å². The van der Waals surface area contributed by atoms with Gasteiger partial charge < -0.3 is 19.6 Å². The highest BCUT2D eigenvalue weighted by atomic mass is 16.5. The van der Waals surface area contributed by atoms with E-state index in [-0.39, 0.29) is 17.6 Å². The number of rotatable bonds is 5. The molecule has 1 fully saturated rings. The van der Waals surface area contributed by atoms with Crippen LogP contribution in [0, 0.1) is 0 Å². The number of carboxylic acid groups (broad SMARTS) is 1. The topological polar surface area (TPSA) is 88.8 Å². The Morgan fingerprint density at radius 1 is 1.07 bits per heavy atom. The van der Waals surface area contributed by atoms with E-state index < -0.39 is 17.4 Å². The fourth-order valence-electron chi connectivity index (χ4n) is 3.45. The molecule has 0 bridgehead atoms. The van der Waals surface area contributed by atoms with Crippen LogP contribution in [-0.4, -0.2) is 35.7 Å². The average molecular weight is 385 g/mol. The van der Waals surface area contributed by atoms with E-state index in [2.05, 4.69) is 38.2 Å². The Balaban J connectivity index is 1.75. The zero-order valence-corrected chi connectivity index (χ0v) is 16.6. The summed E-state index contributed by atoms with van der Waals surface area (Å²) in [7, 11) is 0. The number of benzene rings is 1. The average Bonchev–Trinajstić information content (AvgIpc) is 3.11. The van der Waals surface area contributed by atoms with Crippen molar-refractivity contribution in [3.8, 4) is 11.3 Å². The van der Waals surface area contributed by atoms with Crippen molar-refractivity contribution in [1.29, 1.82) is 0 Å². The van der Waals surface area contributed by atoms with Gasteiger partial charge in [0.05, 0.1) is 12.0 Å². The molecule has 0 unspecified atom stereocenters. The molecule has 1 aliphatic heterocycles. The first kappa shape index (κ1) is 20.1. The molecule has 1 saturated heterocycles. The number of hydrogen-bond acceptors (Lipinski definition) is 4. The molecule has 2 N–H and O–H groups in total. The van der Waals surface area contributed by atoms with Crippen molar-refractivity contribution < 1.29 is 23.8 Å². The normalized spacial score (nSPS) is 16.5. The van der Waals surface area contributed by atoms with Crippen LogP contribution in [0.4, 0.5) is 0 Å². The summed E-state index contributed by atoms with van der Waals surface area (Å²) >= 11 is 0. The minimum atomic E-state index is -0.943. The van der Waals surface area contributed by atoms with Crippen molar-refractivity contribution in [2.45, 2.75) is 51.0 Å². The largest absolute Gasteiger partial charge is 0.481 e. The maximum absolute atomic E-state index is 12.7. The first-order chi connectivity index (χ1) is 13.2. The van der Waals surface area contributed by atoms with Gasteiger partial charge in [-0.2, -0.15) is 0 Å². The van der Waals surface area contributed by atoms with Crippen LogP contribution in [0.15, 0.2) is 40.8 Å². The molecule has 0 aliphatic carbocycles. The number of furan rings is 1.